The first kappa shape index (κ1) is 31.7. The number of hydrogen-bond donors (Lipinski definition) is 1. The van der Waals surface area contributed by atoms with Gasteiger partial charge in [-0.2, -0.15) is 0 Å². The van der Waals surface area contributed by atoms with E-state index in [1.54, 1.807) is 24.3 Å². The van der Waals surface area contributed by atoms with Gasteiger partial charge >= 0.3 is 23.9 Å². The predicted octanol–water partition coefficient (Wildman–Crippen LogP) is 2.77. The molecule has 11 heteroatoms. The summed E-state index contributed by atoms with van der Waals surface area (Å²) in [7, 11) is 2.15. The molecule has 0 radical (unpaired) electrons. The van der Waals surface area contributed by atoms with Crippen LogP contribution >= 0.6 is 0 Å². The van der Waals surface area contributed by atoms with Crippen LogP contribution in [0.4, 0.5) is 5.69 Å². The lowest BCUT2D eigenvalue weighted by atomic mass is 9.72. The van der Waals surface area contributed by atoms with E-state index < -0.39 is 52.7 Å². The number of carbonyl (C=O) groups excluding carboxylic acids is 5. The highest BCUT2D eigenvalue weighted by atomic mass is 16.6. The Morgan fingerprint density at radius 1 is 0.837 bits per heavy atom. The summed E-state index contributed by atoms with van der Waals surface area (Å²) in [6.07, 6.45) is 0. The van der Waals surface area contributed by atoms with Crippen LogP contribution in [0.25, 0.3) is 0 Å². The van der Waals surface area contributed by atoms with Crippen LogP contribution in [-0.2, 0) is 60.4 Å². The fourth-order valence-electron chi connectivity index (χ4n) is 6.13. The van der Waals surface area contributed by atoms with Crippen LogP contribution in [0.1, 0.15) is 51.3 Å². The molecule has 2 aromatic carbocycles. The van der Waals surface area contributed by atoms with Crippen molar-refractivity contribution in [3.8, 4) is 0 Å². The van der Waals surface area contributed by atoms with E-state index >= 15 is 0 Å². The highest BCUT2D eigenvalue weighted by Crippen LogP contribution is 2.56. The second-order valence-corrected chi connectivity index (χ2v) is 11.5. The SMILES string of the molecule is CCOC(=O)C1(C(=O)OCC)N[C@@]2(C(=O)N(Cc3ccc(C(C)(C)C)cc3)c3ccccc32)[C@H](C(=O)OC)[C@@H]1C(=O)OC. The van der Waals surface area contributed by atoms with Crippen LogP contribution in [0.3, 0.4) is 0 Å². The molecule has 2 aliphatic rings. The molecule has 0 aromatic heterocycles. The Balaban J connectivity index is 1.97. The molecule has 4 rings (SSSR count). The van der Waals surface area contributed by atoms with E-state index in [9.17, 15) is 24.0 Å². The highest BCUT2D eigenvalue weighted by molar-refractivity contribution is 6.17. The van der Waals surface area contributed by atoms with Crippen LogP contribution in [0.5, 0.6) is 0 Å². The molecule has 3 atom stereocenters. The molecule has 2 heterocycles. The highest BCUT2D eigenvalue weighted by Gasteiger charge is 2.78. The molecule has 2 aliphatic heterocycles. The van der Waals surface area contributed by atoms with Crippen molar-refractivity contribution < 1.29 is 42.9 Å². The van der Waals surface area contributed by atoms with Crippen molar-refractivity contribution in [1.82, 2.24) is 5.32 Å². The zero-order valence-electron chi connectivity index (χ0n) is 25.5. The maximum Gasteiger partial charge on any atom is 0.339 e. The van der Waals surface area contributed by atoms with Gasteiger partial charge in [-0.15, -0.1) is 0 Å². The number of carbonyl (C=O) groups is 5. The van der Waals surface area contributed by atoms with Crippen LogP contribution < -0.4 is 10.2 Å². The number of nitrogens with zero attached hydrogens (tertiary/aromatic N) is 1. The standard InChI is InChI=1S/C32H38N2O9/c1-8-42-28(38)32(29(39)43-9-2)24(26(36)41-7)23(25(35)40-6)31(33-32)21-12-10-11-13-22(21)34(27(31)37)18-19-14-16-20(17-15-19)30(3,4)5/h10-17,23-24,33H,8-9,18H2,1-7H3/t23-,24+,31+/m0/s1. The Bertz CT molecular complexity index is 1410. The molecule has 230 valence electrons. The van der Waals surface area contributed by atoms with Gasteiger partial charge in [0.2, 0.25) is 5.54 Å². The van der Waals surface area contributed by atoms with Crippen LogP contribution in [0.2, 0.25) is 0 Å². The lowest BCUT2D eigenvalue weighted by Gasteiger charge is -2.31. The number of methoxy groups -OCH3 is 2. The third-order valence-electron chi connectivity index (χ3n) is 8.13. The summed E-state index contributed by atoms with van der Waals surface area (Å²) in [6.45, 7) is 9.13. The molecule has 1 saturated heterocycles. The Hall–Kier alpha value is -4.25. The molecule has 0 aliphatic carbocycles. The lowest BCUT2D eigenvalue weighted by Crippen LogP contribution is -2.65. The van der Waals surface area contributed by atoms with Gasteiger partial charge in [0.1, 0.15) is 17.4 Å². The molecule has 1 spiro atoms. The number of rotatable bonds is 8. The van der Waals surface area contributed by atoms with E-state index in [1.165, 1.54) is 18.7 Å². The van der Waals surface area contributed by atoms with Gasteiger partial charge in [0.25, 0.3) is 5.91 Å². The minimum absolute atomic E-state index is 0.0768. The van der Waals surface area contributed by atoms with Crippen molar-refractivity contribution in [1.29, 1.82) is 0 Å². The minimum Gasteiger partial charge on any atom is -0.469 e. The predicted molar refractivity (Wildman–Crippen MR) is 155 cm³/mol. The number of esters is 4. The zero-order valence-corrected chi connectivity index (χ0v) is 25.5. The molecule has 0 unspecified atom stereocenters. The maximum atomic E-state index is 14.8. The fraction of sp³-hybridized carbons (Fsp3) is 0.469. The van der Waals surface area contributed by atoms with Crippen molar-refractivity contribution in [3.05, 3.63) is 65.2 Å². The van der Waals surface area contributed by atoms with E-state index in [4.69, 9.17) is 18.9 Å². The lowest BCUT2D eigenvalue weighted by molar-refractivity contribution is -0.175. The molecule has 1 fully saturated rings. The van der Waals surface area contributed by atoms with E-state index in [0.29, 0.717) is 5.69 Å². The van der Waals surface area contributed by atoms with Gasteiger partial charge < -0.3 is 23.8 Å². The van der Waals surface area contributed by atoms with Gasteiger partial charge in [0.15, 0.2) is 0 Å². The van der Waals surface area contributed by atoms with Gasteiger partial charge in [-0.3, -0.25) is 19.7 Å². The van der Waals surface area contributed by atoms with Crippen molar-refractivity contribution in [2.45, 2.75) is 57.7 Å². The largest absolute Gasteiger partial charge is 0.469 e. The second kappa shape index (κ2) is 11.8. The summed E-state index contributed by atoms with van der Waals surface area (Å²) in [5.41, 5.74) is -2.15. The number of anilines is 1. The normalized spacial score (nSPS) is 22.2. The number of ether oxygens (including phenoxy) is 4. The van der Waals surface area contributed by atoms with E-state index in [-0.39, 0.29) is 30.7 Å². The molecule has 0 bridgehead atoms. The van der Waals surface area contributed by atoms with Crippen molar-refractivity contribution in [3.63, 3.8) is 0 Å². The van der Waals surface area contributed by atoms with Gasteiger partial charge in [0.05, 0.1) is 34.0 Å². The van der Waals surface area contributed by atoms with Crippen molar-refractivity contribution >= 4 is 35.5 Å². The summed E-state index contributed by atoms with van der Waals surface area (Å²) in [5.74, 6) is -8.70. The second-order valence-electron chi connectivity index (χ2n) is 11.5. The summed E-state index contributed by atoms with van der Waals surface area (Å²) in [6, 6.07) is 14.5. The van der Waals surface area contributed by atoms with Crippen LogP contribution in [-0.4, -0.2) is 62.8 Å². The molecule has 2 aromatic rings. The third-order valence-corrected chi connectivity index (χ3v) is 8.13. The van der Waals surface area contributed by atoms with Crippen LogP contribution in [0, 0.1) is 11.8 Å². The van der Waals surface area contributed by atoms with Gasteiger partial charge in [-0.25, -0.2) is 9.59 Å². The zero-order chi connectivity index (χ0) is 31.7. The third kappa shape index (κ3) is 4.95. The quantitative estimate of drug-likeness (QED) is 0.276. The fourth-order valence-corrected chi connectivity index (χ4v) is 6.13. The monoisotopic (exact) mass is 594 g/mol. The smallest absolute Gasteiger partial charge is 0.339 e. The van der Waals surface area contributed by atoms with Gasteiger partial charge in [0, 0.05) is 11.3 Å². The minimum atomic E-state index is -2.61. The van der Waals surface area contributed by atoms with Crippen molar-refractivity contribution in [2.24, 2.45) is 11.8 Å². The van der Waals surface area contributed by atoms with Gasteiger partial charge in [-0.05, 0) is 36.5 Å². The van der Waals surface area contributed by atoms with E-state index in [0.717, 1.165) is 25.3 Å². The molecule has 43 heavy (non-hydrogen) atoms. The summed E-state index contributed by atoms with van der Waals surface area (Å²) in [4.78, 5) is 70.9. The molecule has 11 nitrogen and oxygen atoms in total. The summed E-state index contributed by atoms with van der Waals surface area (Å²) in [5, 5.41) is 2.89. The molecular formula is C32H38N2O9. The number of fused-ring (bicyclic) bond motifs is 2. The topological polar surface area (TPSA) is 138 Å². The van der Waals surface area contributed by atoms with Crippen molar-refractivity contribution in [2.75, 3.05) is 32.3 Å². The summed E-state index contributed by atoms with van der Waals surface area (Å²) >= 11 is 0. The molecule has 1 amide bonds. The molecular weight excluding hydrogens is 556 g/mol. The number of benzene rings is 2. The Labute approximate surface area is 250 Å². The van der Waals surface area contributed by atoms with Crippen LogP contribution in [0.15, 0.2) is 48.5 Å². The van der Waals surface area contributed by atoms with Gasteiger partial charge in [-0.1, -0.05) is 63.2 Å². The van der Waals surface area contributed by atoms with E-state index in [1.807, 2.05) is 24.3 Å². The Morgan fingerprint density at radius 3 is 1.88 bits per heavy atom. The first-order valence-corrected chi connectivity index (χ1v) is 14.1. The first-order chi connectivity index (χ1) is 20.3. The number of amides is 1. The van der Waals surface area contributed by atoms with E-state index in [2.05, 4.69) is 26.1 Å². The average molecular weight is 595 g/mol. The Kier molecular flexibility index (Phi) is 8.69. The number of nitrogens with one attached hydrogen (secondary N) is 1. The number of para-hydroxylation sites is 1. The maximum absolute atomic E-state index is 14.8. The Morgan fingerprint density at radius 2 is 1.37 bits per heavy atom. The average Bonchev–Trinajstić information content (AvgIpc) is 3.43. The molecule has 1 N–H and O–H groups in total. The molecule has 0 saturated carbocycles. The first-order valence-electron chi connectivity index (χ1n) is 14.1. The summed E-state index contributed by atoms with van der Waals surface area (Å²) < 4.78 is 20.7. The number of hydrogen-bond acceptors (Lipinski definition) is 10.